The van der Waals surface area contributed by atoms with Gasteiger partial charge in [0.05, 0.1) is 0 Å². The molecule has 1 heterocycles. The summed E-state index contributed by atoms with van der Waals surface area (Å²) in [5.74, 6) is 0. The van der Waals surface area contributed by atoms with Gasteiger partial charge in [0.1, 0.15) is 11.2 Å². The van der Waals surface area contributed by atoms with Crippen molar-refractivity contribution in [1.29, 1.82) is 0 Å². The third-order valence-corrected chi connectivity index (χ3v) is 12.0. The van der Waals surface area contributed by atoms with Crippen LogP contribution in [0, 0.1) is 0 Å². The number of hydrogen-bond acceptors (Lipinski definition) is 2. The van der Waals surface area contributed by atoms with Crippen molar-refractivity contribution in [3.63, 3.8) is 0 Å². The van der Waals surface area contributed by atoms with Crippen molar-refractivity contribution >= 4 is 49.8 Å². The van der Waals surface area contributed by atoms with Gasteiger partial charge in [-0.1, -0.05) is 159 Å². The van der Waals surface area contributed by atoms with Crippen molar-refractivity contribution in [2.24, 2.45) is 0 Å². The van der Waals surface area contributed by atoms with Gasteiger partial charge in [0, 0.05) is 38.8 Å². The molecule has 0 aliphatic heterocycles. The molecular weight excluding hydrogens is 691 g/mol. The van der Waals surface area contributed by atoms with E-state index in [1.165, 1.54) is 55.3 Å². The summed E-state index contributed by atoms with van der Waals surface area (Å²) in [4.78, 5) is 2.40. The van der Waals surface area contributed by atoms with Crippen LogP contribution in [0.25, 0.3) is 77.2 Å². The van der Waals surface area contributed by atoms with Crippen LogP contribution in [-0.4, -0.2) is 0 Å². The molecule has 1 aliphatic rings. The van der Waals surface area contributed by atoms with Gasteiger partial charge in [0.2, 0.25) is 0 Å². The van der Waals surface area contributed by atoms with Crippen molar-refractivity contribution in [1.82, 2.24) is 0 Å². The second kappa shape index (κ2) is 13.0. The zero-order valence-corrected chi connectivity index (χ0v) is 31.9. The zero-order chi connectivity index (χ0) is 38.1. The normalized spacial score (nSPS) is 12.9. The van der Waals surface area contributed by atoms with Crippen molar-refractivity contribution in [2.75, 3.05) is 4.90 Å². The molecule has 10 aromatic rings. The lowest BCUT2D eigenvalue weighted by Crippen LogP contribution is -2.16. The summed E-state index contributed by atoms with van der Waals surface area (Å²) in [7, 11) is 0. The van der Waals surface area contributed by atoms with E-state index in [-0.39, 0.29) is 5.41 Å². The smallest absolute Gasteiger partial charge is 0.143 e. The fraction of sp³-hybridized carbons (Fsp3) is 0.0545. The number of benzene rings is 9. The minimum atomic E-state index is -0.117. The largest absolute Gasteiger partial charge is 0.455 e. The quantitative estimate of drug-likeness (QED) is 0.169. The molecule has 57 heavy (non-hydrogen) atoms. The van der Waals surface area contributed by atoms with Crippen LogP contribution >= 0.6 is 0 Å². The predicted octanol–water partition coefficient (Wildman–Crippen LogP) is 15.5. The average Bonchev–Trinajstić information content (AvgIpc) is 3.76. The van der Waals surface area contributed by atoms with Gasteiger partial charge in [-0.2, -0.15) is 0 Å². The summed E-state index contributed by atoms with van der Waals surface area (Å²) in [6.07, 6.45) is 0. The number of hydrogen-bond donors (Lipinski definition) is 0. The summed E-state index contributed by atoms with van der Waals surface area (Å²) in [5.41, 5.74) is 17.4. The Morgan fingerprint density at radius 3 is 1.82 bits per heavy atom. The fourth-order valence-electron chi connectivity index (χ4n) is 9.11. The Morgan fingerprint density at radius 2 is 0.965 bits per heavy atom. The van der Waals surface area contributed by atoms with Gasteiger partial charge in [-0.25, -0.2) is 0 Å². The molecule has 0 saturated heterocycles. The highest BCUT2D eigenvalue weighted by Gasteiger charge is 2.35. The van der Waals surface area contributed by atoms with Crippen LogP contribution in [0.1, 0.15) is 25.0 Å². The molecule has 0 fully saturated rings. The standard InChI is InChI=1S/C55H39NO/c1-55(2)51-22-7-5-18-47(51)48-31-30-45(35-52(48)55)56(43-28-26-37(27-29-43)46-20-11-21-50-49-19-6-8-23-53(49)57-54(46)50)44-17-10-16-41(34-44)39-14-9-15-40(33-39)42-25-24-36-12-3-4-13-38(36)32-42/h3-35H,1-2H3. The second-order valence-corrected chi connectivity index (χ2v) is 15.8. The number of fused-ring (bicyclic) bond motifs is 7. The van der Waals surface area contributed by atoms with Crippen LogP contribution in [0.2, 0.25) is 0 Å². The van der Waals surface area contributed by atoms with Crippen molar-refractivity contribution in [3.05, 3.63) is 211 Å². The fourth-order valence-corrected chi connectivity index (χ4v) is 9.11. The van der Waals surface area contributed by atoms with E-state index in [0.29, 0.717) is 0 Å². The highest BCUT2D eigenvalue weighted by Crippen LogP contribution is 2.51. The van der Waals surface area contributed by atoms with Gasteiger partial charge in [0.25, 0.3) is 0 Å². The van der Waals surface area contributed by atoms with Crippen molar-refractivity contribution in [2.45, 2.75) is 19.3 Å². The van der Waals surface area contributed by atoms with E-state index in [4.69, 9.17) is 4.42 Å². The summed E-state index contributed by atoms with van der Waals surface area (Å²) >= 11 is 0. The summed E-state index contributed by atoms with van der Waals surface area (Å²) in [6.45, 7) is 4.70. The van der Waals surface area contributed by atoms with Gasteiger partial charge < -0.3 is 9.32 Å². The molecule has 1 aromatic heterocycles. The van der Waals surface area contributed by atoms with Crippen LogP contribution in [0.5, 0.6) is 0 Å². The summed E-state index contributed by atoms with van der Waals surface area (Å²) in [6, 6.07) is 72.7. The van der Waals surface area contributed by atoms with Crippen LogP contribution in [0.15, 0.2) is 205 Å². The van der Waals surface area contributed by atoms with E-state index in [1.807, 2.05) is 12.1 Å². The lowest BCUT2D eigenvalue weighted by molar-refractivity contribution is 0.660. The Bertz CT molecular complexity index is 3170. The molecule has 11 rings (SSSR count). The number of furan rings is 1. The minimum absolute atomic E-state index is 0.117. The van der Waals surface area contributed by atoms with Crippen LogP contribution in [-0.2, 0) is 5.41 Å². The molecule has 9 aromatic carbocycles. The molecule has 0 spiro atoms. The second-order valence-electron chi connectivity index (χ2n) is 15.8. The zero-order valence-electron chi connectivity index (χ0n) is 31.9. The lowest BCUT2D eigenvalue weighted by Gasteiger charge is -2.28. The Kier molecular flexibility index (Phi) is 7.55. The van der Waals surface area contributed by atoms with E-state index < -0.39 is 0 Å². The third-order valence-electron chi connectivity index (χ3n) is 12.0. The van der Waals surface area contributed by atoms with Crippen LogP contribution in [0.4, 0.5) is 17.1 Å². The first kappa shape index (κ1) is 33.2. The molecule has 0 radical (unpaired) electrons. The van der Waals surface area contributed by atoms with E-state index in [2.05, 4.69) is 207 Å². The maximum atomic E-state index is 6.44. The molecule has 0 amide bonds. The molecule has 0 N–H and O–H groups in total. The Hall–Kier alpha value is -7.16. The summed E-state index contributed by atoms with van der Waals surface area (Å²) in [5, 5.41) is 4.78. The molecule has 0 atom stereocenters. The highest BCUT2D eigenvalue weighted by molar-refractivity contribution is 6.09. The third kappa shape index (κ3) is 5.48. The first-order valence-corrected chi connectivity index (χ1v) is 19.7. The highest BCUT2D eigenvalue weighted by atomic mass is 16.3. The maximum Gasteiger partial charge on any atom is 0.143 e. The predicted molar refractivity (Wildman–Crippen MR) is 240 cm³/mol. The Labute approximate surface area is 332 Å². The van der Waals surface area contributed by atoms with Crippen LogP contribution < -0.4 is 4.90 Å². The maximum absolute atomic E-state index is 6.44. The summed E-state index contributed by atoms with van der Waals surface area (Å²) < 4.78 is 6.44. The number of para-hydroxylation sites is 2. The molecule has 270 valence electrons. The molecule has 1 aliphatic carbocycles. The Balaban J connectivity index is 1.03. The number of rotatable bonds is 6. The first-order valence-electron chi connectivity index (χ1n) is 19.7. The van der Waals surface area contributed by atoms with Crippen molar-refractivity contribution in [3.8, 4) is 44.5 Å². The van der Waals surface area contributed by atoms with E-state index in [9.17, 15) is 0 Å². The average molecular weight is 730 g/mol. The van der Waals surface area contributed by atoms with Crippen LogP contribution in [0.3, 0.4) is 0 Å². The van der Waals surface area contributed by atoms with Gasteiger partial charge in [-0.05, 0) is 115 Å². The molecule has 0 unspecified atom stereocenters. The van der Waals surface area contributed by atoms with Gasteiger partial charge in [0.15, 0.2) is 0 Å². The molecular formula is C55H39NO. The van der Waals surface area contributed by atoms with E-state index >= 15 is 0 Å². The molecule has 0 bridgehead atoms. The lowest BCUT2D eigenvalue weighted by atomic mass is 9.82. The van der Waals surface area contributed by atoms with Crippen molar-refractivity contribution < 1.29 is 4.42 Å². The minimum Gasteiger partial charge on any atom is -0.455 e. The van der Waals surface area contributed by atoms with E-state index in [1.54, 1.807) is 0 Å². The molecule has 2 heteroatoms. The van der Waals surface area contributed by atoms with Gasteiger partial charge in [-0.3, -0.25) is 0 Å². The monoisotopic (exact) mass is 729 g/mol. The SMILES string of the molecule is CC1(C)c2ccccc2-c2ccc(N(c3ccc(-c4cccc5c4oc4ccccc45)cc3)c3cccc(-c4cccc(-c5ccc6ccccc6c5)c4)c3)cc21. The number of nitrogens with zero attached hydrogens (tertiary/aromatic N) is 1. The first-order chi connectivity index (χ1) is 28.0. The molecule has 0 saturated carbocycles. The molecule has 2 nitrogen and oxygen atoms in total. The van der Waals surface area contributed by atoms with E-state index in [0.717, 1.165) is 50.1 Å². The number of anilines is 3. The van der Waals surface area contributed by atoms with Gasteiger partial charge >= 0.3 is 0 Å². The topological polar surface area (TPSA) is 16.4 Å². The Morgan fingerprint density at radius 1 is 0.368 bits per heavy atom. The van der Waals surface area contributed by atoms with Gasteiger partial charge in [-0.15, -0.1) is 0 Å².